The zero-order valence-corrected chi connectivity index (χ0v) is 25.1. The number of benzene rings is 6. The lowest BCUT2D eigenvalue weighted by Crippen LogP contribution is -2.09. The normalized spacial score (nSPS) is 10.8. The largest absolute Gasteiger partial charge is 0.307 e. The van der Waals surface area contributed by atoms with Gasteiger partial charge in [0.2, 0.25) is 0 Å². The van der Waals surface area contributed by atoms with Crippen LogP contribution in [0, 0.1) is 56.7 Å². The number of aromatic nitrogens is 2. The number of hydrogen-bond donors (Lipinski definition) is 0. The van der Waals surface area contributed by atoms with E-state index < -0.39 is 0 Å². The van der Waals surface area contributed by atoms with Crippen molar-refractivity contribution in [3.63, 3.8) is 0 Å². The maximum absolute atomic E-state index is 10.8. The maximum Gasteiger partial charge on any atom is 0.103 e. The van der Waals surface area contributed by atoms with Crippen molar-refractivity contribution in [3.8, 4) is 52.8 Å². The van der Waals surface area contributed by atoms with Gasteiger partial charge in [0.05, 0.1) is 73.4 Å². The highest BCUT2D eigenvalue weighted by Gasteiger charge is 2.30. The van der Waals surface area contributed by atoms with Crippen molar-refractivity contribution in [2.24, 2.45) is 0 Å². The van der Waals surface area contributed by atoms with Gasteiger partial charge >= 0.3 is 0 Å². The van der Waals surface area contributed by atoms with Gasteiger partial charge < -0.3 is 9.13 Å². The van der Waals surface area contributed by atoms with Gasteiger partial charge in [0.25, 0.3) is 0 Å². The van der Waals surface area contributed by atoms with Crippen molar-refractivity contribution in [2.75, 3.05) is 0 Å². The fourth-order valence-electron chi connectivity index (χ4n) is 7.02. The molecule has 0 aliphatic rings. The Bertz CT molecular complexity index is 2800. The number of rotatable bonds is 3. The molecular formula is C41H19N7. The van der Waals surface area contributed by atoms with Gasteiger partial charge in [-0.2, -0.15) is 26.3 Å². The van der Waals surface area contributed by atoms with Crippen LogP contribution in [-0.4, -0.2) is 9.13 Å². The molecule has 218 valence electrons. The Balaban J connectivity index is 1.67. The van der Waals surface area contributed by atoms with Crippen molar-refractivity contribution in [1.29, 1.82) is 26.3 Å². The van der Waals surface area contributed by atoms with Crippen LogP contribution in [0.15, 0.2) is 115 Å². The minimum Gasteiger partial charge on any atom is -0.307 e. The summed E-state index contributed by atoms with van der Waals surface area (Å²) in [5, 5.41) is 56.9. The molecule has 0 unspecified atom stereocenters. The van der Waals surface area contributed by atoms with Gasteiger partial charge in [0.15, 0.2) is 0 Å². The standard InChI is InChI=1S/C41H19N7/c42-20-25-17-18-26(21-43)40(47-34-13-5-1-9-29(34)30-10-2-6-14-35(30)47)38(25)39-28(23-45)19-27(22-44)33(24-46)41(39)48-36-15-7-3-11-31(36)32-12-4-8-16-37(32)48/h1-19H. The van der Waals surface area contributed by atoms with Crippen LogP contribution in [0.1, 0.15) is 27.8 Å². The Hall–Kier alpha value is -7.63. The summed E-state index contributed by atoms with van der Waals surface area (Å²) >= 11 is 0. The SMILES string of the molecule is N#Cc1cc(C#N)c(-c2c(C#N)ccc(C#N)c2-n2c3ccccc3c3ccccc32)c(-n2c3ccccc3c3ccccc32)c1C#N. The molecule has 0 radical (unpaired) electrons. The quantitative estimate of drug-likeness (QED) is 0.197. The summed E-state index contributed by atoms with van der Waals surface area (Å²) in [4.78, 5) is 0. The molecule has 0 bridgehead atoms. The van der Waals surface area contributed by atoms with E-state index in [0.29, 0.717) is 16.9 Å². The predicted octanol–water partition coefficient (Wildman–Crippen LogP) is 8.91. The second-order valence-corrected chi connectivity index (χ2v) is 11.3. The molecule has 0 atom stereocenters. The Kier molecular flexibility index (Phi) is 6.26. The Morgan fingerprint density at radius 3 is 1.15 bits per heavy atom. The zero-order chi connectivity index (χ0) is 32.9. The van der Waals surface area contributed by atoms with Crippen LogP contribution in [-0.2, 0) is 0 Å². The molecule has 0 aliphatic carbocycles. The summed E-state index contributed by atoms with van der Waals surface area (Å²) < 4.78 is 3.86. The molecule has 8 aromatic rings. The van der Waals surface area contributed by atoms with Gasteiger partial charge in [-0.25, -0.2) is 0 Å². The molecule has 0 N–H and O–H groups in total. The minimum atomic E-state index is 0.0306. The van der Waals surface area contributed by atoms with Crippen LogP contribution in [0.25, 0.3) is 66.1 Å². The number of hydrogen-bond acceptors (Lipinski definition) is 5. The van der Waals surface area contributed by atoms with E-state index in [1.807, 2.05) is 106 Å². The molecular weight excluding hydrogens is 591 g/mol. The van der Waals surface area contributed by atoms with E-state index in [1.54, 1.807) is 12.1 Å². The first kappa shape index (κ1) is 27.9. The van der Waals surface area contributed by atoms with Crippen molar-refractivity contribution < 1.29 is 0 Å². The van der Waals surface area contributed by atoms with E-state index in [4.69, 9.17) is 0 Å². The van der Waals surface area contributed by atoms with Gasteiger partial charge in [0, 0.05) is 32.7 Å². The molecule has 0 amide bonds. The Morgan fingerprint density at radius 2 is 0.729 bits per heavy atom. The first-order valence-electron chi connectivity index (χ1n) is 15.0. The van der Waals surface area contributed by atoms with Gasteiger partial charge in [-0.05, 0) is 42.5 Å². The molecule has 0 aliphatic heterocycles. The topological polar surface area (TPSA) is 129 Å². The van der Waals surface area contributed by atoms with Gasteiger partial charge in [0.1, 0.15) is 18.2 Å². The molecule has 2 aromatic heterocycles. The van der Waals surface area contributed by atoms with Crippen molar-refractivity contribution in [1.82, 2.24) is 9.13 Å². The fourth-order valence-corrected chi connectivity index (χ4v) is 7.02. The second kappa shape index (κ2) is 10.8. The average molecular weight is 610 g/mol. The molecule has 0 spiro atoms. The fraction of sp³-hybridized carbons (Fsp3) is 0. The molecule has 2 heterocycles. The van der Waals surface area contributed by atoms with Crippen LogP contribution in [0.2, 0.25) is 0 Å². The van der Waals surface area contributed by atoms with Crippen LogP contribution in [0.5, 0.6) is 0 Å². The lowest BCUT2D eigenvalue weighted by atomic mass is 9.87. The number of para-hydroxylation sites is 4. The Labute approximate surface area is 274 Å². The highest BCUT2D eigenvalue weighted by molar-refractivity contribution is 6.12. The highest BCUT2D eigenvalue weighted by atomic mass is 15.0. The lowest BCUT2D eigenvalue weighted by molar-refractivity contribution is 1.14. The van der Waals surface area contributed by atoms with Gasteiger partial charge in [-0.15, -0.1) is 0 Å². The highest BCUT2D eigenvalue weighted by Crippen LogP contribution is 2.46. The van der Waals surface area contributed by atoms with E-state index in [9.17, 15) is 26.3 Å². The predicted molar refractivity (Wildman–Crippen MR) is 184 cm³/mol. The second-order valence-electron chi connectivity index (χ2n) is 11.3. The van der Waals surface area contributed by atoms with Crippen molar-refractivity contribution >= 4 is 43.6 Å². The maximum atomic E-state index is 10.8. The molecule has 48 heavy (non-hydrogen) atoms. The van der Waals surface area contributed by atoms with Crippen LogP contribution in [0.3, 0.4) is 0 Å². The van der Waals surface area contributed by atoms with Crippen molar-refractivity contribution in [3.05, 3.63) is 143 Å². The summed E-state index contributed by atoms with van der Waals surface area (Å²) in [6.45, 7) is 0. The van der Waals surface area contributed by atoms with Crippen molar-refractivity contribution in [2.45, 2.75) is 0 Å². The summed E-state index contributed by atoms with van der Waals surface area (Å²) in [6.07, 6.45) is 0. The first-order valence-corrected chi connectivity index (χ1v) is 15.0. The third kappa shape index (κ3) is 3.76. The number of fused-ring (bicyclic) bond motifs is 6. The zero-order valence-electron chi connectivity index (χ0n) is 25.1. The van der Waals surface area contributed by atoms with Gasteiger partial charge in [-0.1, -0.05) is 72.8 Å². The lowest BCUT2D eigenvalue weighted by Gasteiger charge is -2.22. The molecule has 0 fully saturated rings. The summed E-state index contributed by atoms with van der Waals surface area (Å²) in [5.41, 5.74) is 5.07. The summed E-state index contributed by atoms with van der Waals surface area (Å²) in [6, 6.07) is 47.1. The first-order chi connectivity index (χ1) is 23.6. The molecule has 6 aromatic carbocycles. The van der Waals surface area contributed by atoms with Gasteiger partial charge in [-0.3, -0.25) is 0 Å². The van der Waals surface area contributed by atoms with E-state index in [-0.39, 0.29) is 33.4 Å². The third-order valence-electron chi connectivity index (χ3n) is 8.93. The van der Waals surface area contributed by atoms with Crippen LogP contribution < -0.4 is 0 Å². The third-order valence-corrected chi connectivity index (χ3v) is 8.93. The molecule has 7 heteroatoms. The summed E-state index contributed by atoms with van der Waals surface area (Å²) in [5.74, 6) is 0. The Morgan fingerprint density at radius 1 is 0.354 bits per heavy atom. The minimum absolute atomic E-state index is 0.0306. The number of nitrogens with zero attached hydrogens (tertiary/aromatic N) is 7. The summed E-state index contributed by atoms with van der Waals surface area (Å²) in [7, 11) is 0. The van der Waals surface area contributed by atoms with E-state index >= 15 is 0 Å². The number of nitriles is 5. The molecule has 8 rings (SSSR count). The smallest absolute Gasteiger partial charge is 0.103 e. The van der Waals surface area contributed by atoms with E-state index in [1.165, 1.54) is 6.07 Å². The molecule has 0 saturated carbocycles. The van der Waals surface area contributed by atoms with E-state index in [0.717, 1.165) is 43.6 Å². The van der Waals surface area contributed by atoms with Crippen LogP contribution >= 0.6 is 0 Å². The molecule has 0 saturated heterocycles. The molecule has 7 nitrogen and oxygen atoms in total. The monoisotopic (exact) mass is 609 g/mol. The van der Waals surface area contributed by atoms with E-state index in [2.05, 4.69) is 30.3 Å². The average Bonchev–Trinajstić information content (AvgIpc) is 3.66. The van der Waals surface area contributed by atoms with Crippen LogP contribution in [0.4, 0.5) is 0 Å².